The van der Waals surface area contributed by atoms with E-state index in [1.165, 1.54) is 12.1 Å². The molecule has 0 radical (unpaired) electrons. The molecule has 0 aliphatic carbocycles. The van der Waals surface area contributed by atoms with Crippen molar-refractivity contribution in [3.63, 3.8) is 0 Å². The van der Waals surface area contributed by atoms with E-state index in [-0.39, 0.29) is 22.8 Å². The van der Waals surface area contributed by atoms with E-state index < -0.39 is 41.3 Å². The van der Waals surface area contributed by atoms with Gasteiger partial charge in [-0.15, -0.1) is 11.6 Å². The molecule has 0 fully saturated rings. The van der Waals surface area contributed by atoms with Crippen molar-refractivity contribution < 1.29 is 45.7 Å². The van der Waals surface area contributed by atoms with Crippen LogP contribution in [0.4, 0.5) is 26.3 Å². The molecule has 11 heteroatoms. The fourth-order valence-electron chi connectivity index (χ4n) is 2.81. The van der Waals surface area contributed by atoms with Gasteiger partial charge in [-0.25, -0.2) is 0 Å². The second kappa shape index (κ2) is 7.01. The van der Waals surface area contributed by atoms with Gasteiger partial charge in [0.2, 0.25) is 6.10 Å². The molecular formula is C18H11ClF6O4. The Labute approximate surface area is 164 Å². The zero-order chi connectivity index (χ0) is 21.6. The monoisotopic (exact) mass is 440 g/mol. The number of rotatable bonds is 3. The average Bonchev–Trinajstić information content (AvgIpc) is 2.60. The van der Waals surface area contributed by atoms with E-state index in [0.29, 0.717) is 0 Å². The lowest BCUT2D eigenvalue weighted by molar-refractivity contribution is -0.212. The molecule has 0 aromatic heterocycles. The van der Waals surface area contributed by atoms with Gasteiger partial charge in [0.15, 0.2) is 4.87 Å². The molecule has 1 N–H and O–H groups in total. The van der Waals surface area contributed by atoms with Crippen molar-refractivity contribution in [1.82, 2.24) is 0 Å². The second-order valence-electron chi connectivity index (χ2n) is 6.28. The maximum Gasteiger partial charge on any atom is 0.427 e. The molecule has 1 aliphatic heterocycles. The molecule has 29 heavy (non-hydrogen) atoms. The molecular weight excluding hydrogens is 430 g/mol. The summed E-state index contributed by atoms with van der Waals surface area (Å²) >= 11 is 5.74. The van der Waals surface area contributed by atoms with Crippen molar-refractivity contribution in [2.45, 2.75) is 29.8 Å². The Bertz CT molecular complexity index is 925. The van der Waals surface area contributed by atoms with Crippen LogP contribution in [-0.2, 0) is 17.4 Å². The van der Waals surface area contributed by atoms with E-state index in [1.54, 1.807) is 0 Å². The normalized spacial score (nSPS) is 21.8. The molecule has 3 rings (SSSR count). The summed E-state index contributed by atoms with van der Waals surface area (Å²) in [7, 11) is 0. The van der Waals surface area contributed by atoms with E-state index in [1.807, 2.05) is 0 Å². The number of ether oxygens (including phenoxy) is 2. The first-order valence-electron chi connectivity index (χ1n) is 7.94. The highest BCUT2D eigenvalue weighted by Crippen LogP contribution is 2.45. The van der Waals surface area contributed by atoms with Crippen LogP contribution in [0.5, 0.6) is 17.2 Å². The summed E-state index contributed by atoms with van der Waals surface area (Å²) in [5, 5.41) is 9.17. The minimum absolute atomic E-state index is 0.0122. The third kappa shape index (κ3) is 4.21. The van der Waals surface area contributed by atoms with Gasteiger partial charge >= 0.3 is 18.3 Å². The standard InChI is InChI=1S/C18H11ClF6O4/c19-16(15(26)27)8-9-1-4-12(7-13(9)29-14(16)18(23,24)25)28-11-5-2-10(3-6-11)17(20,21)22/h1-7,14H,8H2,(H,26,27). The summed E-state index contributed by atoms with van der Waals surface area (Å²) in [6.07, 6.45) is -13.0. The van der Waals surface area contributed by atoms with Crippen LogP contribution in [0.1, 0.15) is 11.1 Å². The quantitative estimate of drug-likeness (QED) is 0.511. The average molecular weight is 441 g/mol. The van der Waals surface area contributed by atoms with Crippen molar-refractivity contribution in [1.29, 1.82) is 0 Å². The van der Waals surface area contributed by atoms with Crippen LogP contribution in [0.25, 0.3) is 0 Å². The number of hydrogen-bond donors (Lipinski definition) is 1. The highest BCUT2D eigenvalue weighted by molar-refractivity contribution is 6.34. The van der Waals surface area contributed by atoms with Crippen molar-refractivity contribution in [2.24, 2.45) is 0 Å². The molecule has 0 saturated carbocycles. The smallest absolute Gasteiger partial charge is 0.427 e. The number of halogens is 7. The van der Waals surface area contributed by atoms with E-state index >= 15 is 0 Å². The Morgan fingerprint density at radius 3 is 2.17 bits per heavy atom. The maximum atomic E-state index is 13.3. The van der Waals surface area contributed by atoms with Gasteiger partial charge in [0.1, 0.15) is 17.2 Å². The van der Waals surface area contributed by atoms with Crippen LogP contribution in [-0.4, -0.2) is 28.2 Å². The molecule has 0 spiro atoms. The largest absolute Gasteiger partial charge is 0.480 e. The van der Waals surface area contributed by atoms with Crippen LogP contribution in [0.15, 0.2) is 42.5 Å². The first kappa shape index (κ1) is 21.1. The second-order valence-corrected chi connectivity index (χ2v) is 6.95. The van der Waals surface area contributed by atoms with Gasteiger partial charge in [-0.2, -0.15) is 26.3 Å². The molecule has 0 bridgehead atoms. The van der Waals surface area contributed by atoms with Crippen molar-refractivity contribution in [3.8, 4) is 17.2 Å². The zero-order valence-corrected chi connectivity index (χ0v) is 14.9. The van der Waals surface area contributed by atoms with Crippen LogP contribution in [0.2, 0.25) is 0 Å². The summed E-state index contributed by atoms with van der Waals surface area (Å²) in [6, 6.07) is 7.36. The van der Waals surface area contributed by atoms with Gasteiger partial charge in [-0.05, 0) is 35.9 Å². The van der Waals surface area contributed by atoms with Gasteiger partial charge in [0.25, 0.3) is 0 Å². The van der Waals surface area contributed by atoms with Crippen LogP contribution in [0, 0.1) is 0 Å². The maximum absolute atomic E-state index is 13.3. The van der Waals surface area contributed by atoms with Crippen LogP contribution < -0.4 is 9.47 Å². The third-order valence-electron chi connectivity index (χ3n) is 4.22. The summed E-state index contributed by atoms with van der Waals surface area (Å²) in [6.45, 7) is 0. The topological polar surface area (TPSA) is 55.8 Å². The van der Waals surface area contributed by atoms with Gasteiger partial charge in [-0.3, -0.25) is 4.79 Å². The van der Waals surface area contributed by atoms with E-state index in [4.69, 9.17) is 26.2 Å². The Morgan fingerprint density at radius 1 is 1.07 bits per heavy atom. The number of benzene rings is 2. The van der Waals surface area contributed by atoms with Crippen molar-refractivity contribution >= 4 is 17.6 Å². The van der Waals surface area contributed by atoms with Crippen molar-refractivity contribution in [3.05, 3.63) is 53.6 Å². The van der Waals surface area contributed by atoms with Crippen molar-refractivity contribution in [2.75, 3.05) is 0 Å². The lowest BCUT2D eigenvalue weighted by Gasteiger charge is -2.38. The number of carboxylic acids is 1. The van der Waals surface area contributed by atoms with Gasteiger partial charge < -0.3 is 14.6 Å². The minimum atomic E-state index is -5.05. The molecule has 4 nitrogen and oxygen atoms in total. The molecule has 156 valence electrons. The number of alkyl halides is 7. The molecule has 2 unspecified atom stereocenters. The van der Waals surface area contributed by atoms with E-state index in [9.17, 15) is 31.1 Å². The lowest BCUT2D eigenvalue weighted by Crippen LogP contribution is -2.58. The predicted molar refractivity (Wildman–Crippen MR) is 88.4 cm³/mol. The summed E-state index contributed by atoms with van der Waals surface area (Å²) < 4.78 is 87.8. The minimum Gasteiger partial charge on any atom is -0.480 e. The number of hydrogen-bond acceptors (Lipinski definition) is 3. The van der Waals surface area contributed by atoms with Crippen LogP contribution >= 0.6 is 11.6 Å². The molecule has 2 aromatic carbocycles. The molecule has 1 heterocycles. The predicted octanol–water partition coefficient (Wildman–Crippen LogP) is 5.43. The number of carbonyl (C=O) groups is 1. The van der Waals surface area contributed by atoms with E-state index in [0.717, 1.165) is 30.3 Å². The highest BCUT2D eigenvalue weighted by atomic mass is 35.5. The van der Waals surface area contributed by atoms with Gasteiger partial charge in [-0.1, -0.05) is 6.07 Å². The van der Waals surface area contributed by atoms with Gasteiger partial charge in [0.05, 0.1) is 5.56 Å². The molecule has 0 saturated heterocycles. The first-order valence-corrected chi connectivity index (χ1v) is 8.32. The molecule has 1 aliphatic rings. The Morgan fingerprint density at radius 2 is 1.66 bits per heavy atom. The molecule has 0 amide bonds. The number of aliphatic carboxylic acids is 1. The highest BCUT2D eigenvalue weighted by Gasteiger charge is 2.61. The summed E-state index contributed by atoms with van der Waals surface area (Å²) in [5.41, 5.74) is -0.776. The van der Waals surface area contributed by atoms with Crippen LogP contribution in [0.3, 0.4) is 0 Å². The fraction of sp³-hybridized carbons (Fsp3) is 0.278. The lowest BCUT2D eigenvalue weighted by atomic mass is 9.89. The number of carboxylic acid groups (broad SMARTS) is 1. The fourth-order valence-corrected chi connectivity index (χ4v) is 3.12. The summed E-state index contributed by atoms with van der Waals surface area (Å²) in [4.78, 5) is 8.60. The number of fused-ring (bicyclic) bond motifs is 1. The Kier molecular flexibility index (Phi) is 5.10. The SMILES string of the molecule is O=C(O)C1(Cl)Cc2ccc(Oc3ccc(C(F)(F)F)cc3)cc2OC1C(F)(F)F. The van der Waals surface area contributed by atoms with E-state index in [2.05, 4.69) is 0 Å². The van der Waals surface area contributed by atoms with Gasteiger partial charge in [0, 0.05) is 12.5 Å². The first-order chi connectivity index (χ1) is 13.3. The summed E-state index contributed by atoms with van der Waals surface area (Å²) in [5.74, 6) is -2.16. The molecule has 2 aromatic rings. The Balaban J connectivity index is 1.87. The Hall–Kier alpha value is -2.62. The zero-order valence-electron chi connectivity index (χ0n) is 14.1. The third-order valence-corrected chi connectivity index (χ3v) is 4.71. The molecule has 2 atom stereocenters.